The predicted molar refractivity (Wildman–Crippen MR) is 130 cm³/mol. The third-order valence-corrected chi connectivity index (χ3v) is 7.25. The number of aromatic nitrogens is 1. The Morgan fingerprint density at radius 3 is 2.41 bits per heavy atom. The van der Waals surface area contributed by atoms with Gasteiger partial charge in [-0.3, -0.25) is 9.78 Å². The average Bonchev–Trinajstić information content (AvgIpc) is 2.78. The summed E-state index contributed by atoms with van der Waals surface area (Å²) in [5.41, 5.74) is 0.530. The number of thioether (sulfide) groups is 1. The largest absolute Gasteiger partial charge is 0.444 e. The average molecular weight is 463 g/mol. The minimum Gasteiger partial charge on any atom is -0.444 e. The van der Waals surface area contributed by atoms with Crippen molar-refractivity contribution in [3.05, 3.63) is 24.5 Å². The molecule has 178 valence electrons. The first-order valence-corrected chi connectivity index (χ1v) is 13.0. The monoisotopic (exact) mass is 462 g/mol. The summed E-state index contributed by atoms with van der Waals surface area (Å²) in [7, 11) is 0. The molecule has 1 aromatic rings. The second-order valence-electron chi connectivity index (χ2n) is 9.76. The quantitative estimate of drug-likeness (QED) is 0.662. The number of nitrogens with zero attached hydrogens (tertiary/aromatic N) is 3. The number of ether oxygens (including phenoxy) is 1. The van der Waals surface area contributed by atoms with Gasteiger partial charge in [0.15, 0.2) is 0 Å². The molecule has 1 N–H and O–H groups in total. The molecule has 1 saturated heterocycles. The van der Waals surface area contributed by atoms with Gasteiger partial charge in [-0.15, -0.1) is 0 Å². The highest BCUT2D eigenvalue weighted by Crippen LogP contribution is 2.27. The van der Waals surface area contributed by atoms with Crippen LogP contribution in [-0.4, -0.2) is 71.2 Å². The van der Waals surface area contributed by atoms with Gasteiger partial charge in [-0.05, 0) is 57.4 Å². The highest BCUT2D eigenvalue weighted by Gasteiger charge is 2.30. The van der Waals surface area contributed by atoms with Gasteiger partial charge in [-0.2, -0.15) is 11.8 Å². The van der Waals surface area contributed by atoms with Crippen molar-refractivity contribution in [3.63, 3.8) is 0 Å². The fraction of sp³-hybridized carbons (Fsp3) is 0.708. The lowest BCUT2D eigenvalue weighted by Gasteiger charge is -2.37. The molecule has 2 fully saturated rings. The van der Waals surface area contributed by atoms with Crippen molar-refractivity contribution in [1.82, 2.24) is 15.2 Å². The molecule has 1 aliphatic carbocycles. The van der Waals surface area contributed by atoms with Crippen LogP contribution in [0.25, 0.3) is 0 Å². The summed E-state index contributed by atoms with van der Waals surface area (Å²) in [4.78, 5) is 34.0. The van der Waals surface area contributed by atoms with Crippen LogP contribution in [0.2, 0.25) is 0 Å². The molecular formula is C24H38N4O3S. The van der Waals surface area contributed by atoms with Gasteiger partial charge < -0.3 is 19.9 Å². The molecule has 2 heterocycles. The molecule has 2 amide bonds. The van der Waals surface area contributed by atoms with Crippen molar-refractivity contribution in [3.8, 4) is 0 Å². The maximum atomic E-state index is 13.3. The fourth-order valence-corrected chi connectivity index (χ4v) is 5.56. The lowest BCUT2D eigenvalue weighted by molar-refractivity contribution is -0.133. The number of carbonyl (C=O) groups is 2. The van der Waals surface area contributed by atoms with E-state index in [1.807, 2.05) is 37.8 Å². The molecular weight excluding hydrogens is 424 g/mol. The van der Waals surface area contributed by atoms with Gasteiger partial charge in [0.1, 0.15) is 11.6 Å². The Balaban J connectivity index is 1.55. The molecule has 0 unspecified atom stereocenters. The van der Waals surface area contributed by atoms with Crippen LogP contribution in [-0.2, 0) is 9.53 Å². The zero-order chi connectivity index (χ0) is 23.0. The Labute approximate surface area is 196 Å². The Morgan fingerprint density at radius 2 is 1.78 bits per heavy atom. The molecule has 1 atom stereocenters. The van der Waals surface area contributed by atoms with E-state index >= 15 is 0 Å². The molecule has 1 aliphatic heterocycles. The smallest absolute Gasteiger partial charge is 0.408 e. The highest BCUT2D eigenvalue weighted by molar-refractivity contribution is 7.99. The number of anilines is 1. The van der Waals surface area contributed by atoms with E-state index in [0.717, 1.165) is 30.4 Å². The molecule has 7 nitrogen and oxygen atoms in total. The number of amides is 2. The van der Waals surface area contributed by atoms with Crippen LogP contribution in [0.5, 0.6) is 0 Å². The molecule has 32 heavy (non-hydrogen) atoms. The zero-order valence-electron chi connectivity index (χ0n) is 19.7. The van der Waals surface area contributed by atoms with Gasteiger partial charge >= 0.3 is 6.09 Å². The number of hydrogen-bond acceptors (Lipinski definition) is 6. The minimum atomic E-state index is -0.594. The van der Waals surface area contributed by atoms with Crippen molar-refractivity contribution >= 4 is 29.4 Å². The summed E-state index contributed by atoms with van der Waals surface area (Å²) >= 11 is 1.78. The number of carbonyl (C=O) groups excluding carboxylic acids is 2. The molecule has 3 rings (SSSR count). The van der Waals surface area contributed by atoms with Crippen LogP contribution >= 0.6 is 11.8 Å². The predicted octanol–water partition coefficient (Wildman–Crippen LogP) is 3.94. The number of piperazine rings is 1. The van der Waals surface area contributed by atoms with E-state index in [0.29, 0.717) is 18.8 Å². The third kappa shape index (κ3) is 7.87. The Morgan fingerprint density at radius 1 is 1.12 bits per heavy atom. The number of nitrogens with one attached hydrogen (secondary N) is 1. The zero-order valence-corrected chi connectivity index (χ0v) is 20.5. The SMILES string of the molecule is CC(C)(C)OC(=O)N[C@@H](CSCC1CCCCC1)C(=O)N1CCN(c2ccncc2)CC1. The van der Waals surface area contributed by atoms with Crippen LogP contribution in [0, 0.1) is 5.92 Å². The number of hydrogen-bond donors (Lipinski definition) is 1. The molecule has 0 aromatic carbocycles. The van der Waals surface area contributed by atoms with E-state index in [1.165, 1.54) is 32.1 Å². The Kier molecular flexibility index (Phi) is 9.08. The molecule has 0 radical (unpaired) electrons. The number of rotatable bonds is 7. The van der Waals surface area contributed by atoms with Gasteiger partial charge in [0.05, 0.1) is 0 Å². The van der Waals surface area contributed by atoms with Crippen molar-refractivity contribution in [2.24, 2.45) is 5.92 Å². The summed E-state index contributed by atoms with van der Waals surface area (Å²) in [5.74, 6) is 2.35. The molecule has 0 spiro atoms. The maximum absolute atomic E-state index is 13.3. The second kappa shape index (κ2) is 11.8. The van der Waals surface area contributed by atoms with Gasteiger partial charge in [0.2, 0.25) is 5.91 Å². The van der Waals surface area contributed by atoms with E-state index in [2.05, 4.69) is 15.2 Å². The topological polar surface area (TPSA) is 74.8 Å². The van der Waals surface area contributed by atoms with E-state index in [4.69, 9.17) is 4.74 Å². The Bertz CT molecular complexity index is 727. The highest BCUT2D eigenvalue weighted by atomic mass is 32.2. The van der Waals surface area contributed by atoms with Crippen LogP contribution < -0.4 is 10.2 Å². The standard InChI is InChI=1S/C24H38N4O3S/c1-24(2,3)31-23(30)26-21(18-32-17-19-7-5-4-6-8-19)22(29)28-15-13-27(14-16-28)20-9-11-25-12-10-20/h9-12,19,21H,4-8,13-18H2,1-3H3,(H,26,30)/t21-/m0/s1. The van der Waals surface area contributed by atoms with E-state index in [-0.39, 0.29) is 5.91 Å². The summed E-state index contributed by atoms with van der Waals surface area (Å²) in [5, 5.41) is 2.86. The van der Waals surface area contributed by atoms with Crippen molar-refractivity contribution in [2.75, 3.05) is 42.6 Å². The Hall–Kier alpha value is -1.96. The van der Waals surface area contributed by atoms with Crippen molar-refractivity contribution in [1.29, 1.82) is 0 Å². The first-order valence-electron chi connectivity index (χ1n) is 11.8. The molecule has 8 heteroatoms. The summed E-state index contributed by atoms with van der Waals surface area (Å²) in [6.45, 7) is 8.31. The van der Waals surface area contributed by atoms with E-state index < -0.39 is 17.7 Å². The van der Waals surface area contributed by atoms with Gasteiger partial charge in [-0.25, -0.2) is 4.79 Å². The third-order valence-electron chi connectivity index (χ3n) is 5.97. The number of alkyl carbamates (subject to hydrolysis) is 1. The van der Waals surface area contributed by atoms with Gasteiger partial charge in [0.25, 0.3) is 0 Å². The molecule has 0 bridgehead atoms. The van der Waals surface area contributed by atoms with Crippen molar-refractivity contribution in [2.45, 2.75) is 64.5 Å². The lowest BCUT2D eigenvalue weighted by atomic mass is 9.91. The minimum absolute atomic E-state index is 0.0126. The first kappa shape index (κ1) is 24.7. The number of pyridine rings is 1. The van der Waals surface area contributed by atoms with E-state index in [9.17, 15) is 9.59 Å². The van der Waals surface area contributed by atoms with Crippen LogP contribution in [0.4, 0.5) is 10.5 Å². The summed E-state index contributed by atoms with van der Waals surface area (Å²) < 4.78 is 5.43. The van der Waals surface area contributed by atoms with Gasteiger partial charge in [0, 0.05) is 50.0 Å². The fourth-order valence-electron chi connectivity index (χ4n) is 4.29. The summed E-state index contributed by atoms with van der Waals surface area (Å²) in [6, 6.07) is 3.42. The normalized spacial score (nSPS) is 18.8. The summed E-state index contributed by atoms with van der Waals surface area (Å²) in [6.07, 6.45) is 9.58. The second-order valence-corrected chi connectivity index (χ2v) is 10.8. The molecule has 1 aromatic heterocycles. The van der Waals surface area contributed by atoms with Gasteiger partial charge in [-0.1, -0.05) is 19.3 Å². The van der Waals surface area contributed by atoms with Crippen LogP contribution in [0.3, 0.4) is 0 Å². The van der Waals surface area contributed by atoms with Crippen LogP contribution in [0.1, 0.15) is 52.9 Å². The van der Waals surface area contributed by atoms with Crippen LogP contribution in [0.15, 0.2) is 24.5 Å². The molecule has 2 aliphatic rings. The van der Waals surface area contributed by atoms with E-state index in [1.54, 1.807) is 24.2 Å². The molecule has 1 saturated carbocycles. The maximum Gasteiger partial charge on any atom is 0.408 e. The van der Waals surface area contributed by atoms with Crippen molar-refractivity contribution < 1.29 is 14.3 Å². The first-order chi connectivity index (χ1) is 15.3. The lowest BCUT2D eigenvalue weighted by Crippen LogP contribution is -2.56.